The predicted octanol–water partition coefficient (Wildman–Crippen LogP) is 11.6. The molecule has 0 aliphatic rings. The molecule has 0 bridgehead atoms. The number of benzene rings is 8. The molecule has 0 atom stereocenters. The van der Waals surface area contributed by atoms with Crippen molar-refractivity contribution in [1.82, 2.24) is 4.57 Å². The minimum atomic E-state index is 1.17. The van der Waals surface area contributed by atoms with Gasteiger partial charge in [-0.1, -0.05) is 133 Å². The van der Waals surface area contributed by atoms with Crippen LogP contribution in [-0.2, 0) is 0 Å². The van der Waals surface area contributed by atoms with Crippen LogP contribution in [0.3, 0.4) is 0 Å². The average Bonchev–Trinajstić information content (AvgIpc) is 3.43. The molecule has 0 radical (unpaired) electrons. The van der Waals surface area contributed by atoms with Crippen molar-refractivity contribution in [2.75, 3.05) is 0 Å². The van der Waals surface area contributed by atoms with Crippen LogP contribution in [0.2, 0.25) is 0 Å². The molecule has 0 spiro atoms. The molecule has 0 saturated heterocycles. The summed E-state index contributed by atoms with van der Waals surface area (Å²) < 4.78 is 2.48. The Morgan fingerprint density at radius 1 is 0.302 bits per heavy atom. The Bertz CT molecular complexity index is 2450. The molecule has 0 unspecified atom stereocenters. The lowest BCUT2D eigenvalue weighted by molar-refractivity contribution is 1.19. The first-order chi connectivity index (χ1) is 21.3. The molecule has 0 aliphatic heterocycles. The van der Waals surface area contributed by atoms with E-state index in [0.29, 0.717) is 0 Å². The maximum atomic E-state index is 2.48. The number of nitrogens with zero attached hydrogens (tertiary/aromatic N) is 1. The van der Waals surface area contributed by atoms with Crippen LogP contribution in [0, 0.1) is 0 Å². The molecule has 9 rings (SSSR count). The highest BCUT2D eigenvalue weighted by molar-refractivity contribution is 6.25. The van der Waals surface area contributed by atoms with Crippen LogP contribution in [-0.4, -0.2) is 4.57 Å². The second kappa shape index (κ2) is 9.44. The van der Waals surface area contributed by atoms with E-state index >= 15 is 0 Å². The highest BCUT2D eigenvalue weighted by atomic mass is 15.0. The van der Waals surface area contributed by atoms with E-state index in [1.54, 1.807) is 0 Å². The summed E-state index contributed by atoms with van der Waals surface area (Å²) in [5.41, 5.74) is 8.51. The van der Waals surface area contributed by atoms with Crippen molar-refractivity contribution in [1.29, 1.82) is 0 Å². The minimum Gasteiger partial charge on any atom is -0.309 e. The van der Waals surface area contributed by atoms with Gasteiger partial charge < -0.3 is 4.57 Å². The quantitative estimate of drug-likeness (QED) is 0.195. The van der Waals surface area contributed by atoms with Crippen molar-refractivity contribution in [3.05, 3.63) is 164 Å². The number of hydrogen-bond acceptors (Lipinski definition) is 0. The van der Waals surface area contributed by atoms with E-state index < -0.39 is 0 Å². The molecule has 9 aromatic rings. The zero-order valence-electron chi connectivity index (χ0n) is 23.5. The van der Waals surface area contributed by atoms with Gasteiger partial charge in [0.05, 0.1) is 11.0 Å². The molecule has 0 saturated carbocycles. The topological polar surface area (TPSA) is 4.93 Å². The van der Waals surface area contributed by atoms with E-state index in [-0.39, 0.29) is 0 Å². The van der Waals surface area contributed by atoms with E-state index in [2.05, 4.69) is 168 Å². The summed E-state index contributed by atoms with van der Waals surface area (Å²) in [5, 5.41) is 10.3. The molecule has 1 heterocycles. The monoisotopic (exact) mass is 545 g/mol. The largest absolute Gasteiger partial charge is 0.309 e. The Kier molecular flexibility index (Phi) is 5.27. The predicted molar refractivity (Wildman–Crippen MR) is 184 cm³/mol. The fourth-order valence-electron chi connectivity index (χ4n) is 7.04. The number of rotatable bonds is 3. The third-order valence-corrected chi connectivity index (χ3v) is 8.95. The Balaban J connectivity index is 1.43. The van der Waals surface area contributed by atoms with Gasteiger partial charge in [0.2, 0.25) is 0 Å². The summed E-state index contributed by atoms with van der Waals surface area (Å²) in [6.45, 7) is 0. The maximum absolute atomic E-state index is 2.48. The third kappa shape index (κ3) is 3.65. The minimum absolute atomic E-state index is 1.17. The standard InChI is InChI=1S/C42H27N/c1-3-13-28(14-4-1)30-25-38(29-15-5-2-6-16-29)42-40(26-30)37-21-11-12-22-41(37)43(42)31-23-24-36-34-19-8-7-17-32(34)33-18-9-10-20-35(33)39(36)27-31/h1-27H. The van der Waals surface area contributed by atoms with Crippen molar-refractivity contribution < 1.29 is 0 Å². The van der Waals surface area contributed by atoms with E-state index in [1.807, 2.05) is 0 Å². The van der Waals surface area contributed by atoms with Crippen LogP contribution in [0.25, 0.3) is 82.1 Å². The molecule has 1 heteroatoms. The second-order valence-corrected chi connectivity index (χ2v) is 11.3. The lowest BCUT2D eigenvalue weighted by Gasteiger charge is -2.16. The van der Waals surface area contributed by atoms with Crippen molar-refractivity contribution >= 4 is 54.1 Å². The summed E-state index contributed by atoms with van der Waals surface area (Å²) in [6.07, 6.45) is 0. The Hall–Kier alpha value is -5.66. The van der Waals surface area contributed by atoms with E-state index in [9.17, 15) is 0 Å². The molecule has 0 amide bonds. The zero-order chi connectivity index (χ0) is 28.3. The smallest absolute Gasteiger partial charge is 0.0619 e. The van der Waals surface area contributed by atoms with Gasteiger partial charge in [-0.05, 0) is 79.3 Å². The van der Waals surface area contributed by atoms with Gasteiger partial charge in [0.15, 0.2) is 0 Å². The zero-order valence-corrected chi connectivity index (χ0v) is 23.5. The third-order valence-electron chi connectivity index (χ3n) is 8.95. The van der Waals surface area contributed by atoms with Gasteiger partial charge in [-0.25, -0.2) is 0 Å². The van der Waals surface area contributed by atoms with Crippen molar-refractivity contribution in [2.24, 2.45) is 0 Å². The van der Waals surface area contributed by atoms with Gasteiger partial charge in [0, 0.05) is 22.0 Å². The molecule has 1 aromatic heterocycles. The number of fused-ring (bicyclic) bond motifs is 9. The van der Waals surface area contributed by atoms with Crippen LogP contribution in [0.4, 0.5) is 0 Å². The number of hydrogen-bond donors (Lipinski definition) is 0. The van der Waals surface area contributed by atoms with Crippen LogP contribution in [0.5, 0.6) is 0 Å². The van der Waals surface area contributed by atoms with Gasteiger partial charge in [0.1, 0.15) is 0 Å². The fraction of sp³-hybridized carbons (Fsp3) is 0. The summed E-state index contributed by atoms with van der Waals surface area (Å²) in [4.78, 5) is 0. The summed E-state index contributed by atoms with van der Waals surface area (Å²) >= 11 is 0. The van der Waals surface area contributed by atoms with Crippen molar-refractivity contribution in [3.8, 4) is 27.9 Å². The van der Waals surface area contributed by atoms with Gasteiger partial charge >= 0.3 is 0 Å². The van der Waals surface area contributed by atoms with Crippen LogP contribution in [0.1, 0.15) is 0 Å². The Morgan fingerprint density at radius 3 is 1.47 bits per heavy atom. The highest BCUT2D eigenvalue weighted by Crippen LogP contribution is 2.42. The lowest BCUT2D eigenvalue weighted by Crippen LogP contribution is -1.96. The highest BCUT2D eigenvalue weighted by Gasteiger charge is 2.19. The normalized spacial score (nSPS) is 11.7. The SMILES string of the molecule is c1ccc(-c2cc(-c3ccccc3)c3c(c2)c2ccccc2n3-c2ccc3c4ccccc4c4ccccc4c3c2)cc1. The lowest BCUT2D eigenvalue weighted by atomic mass is 9.94. The number of aromatic nitrogens is 1. The molecule has 0 fully saturated rings. The van der Waals surface area contributed by atoms with Gasteiger partial charge in [0.25, 0.3) is 0 Å². The first kappa shape index (κ1) is 24.0. The molecule has 200 valence electrons. The van der Waals surface area contributed by atoms with Crippen molar-refractivity contribution in [2.45, 2.75) is 0 Å². The average molecular weight is 546 g/mol. The summed E-state index contributed by atoms with van der Waals surface area (Å²) in [6, 6.07) is 59.7. The number of para-hydroxylation sites is 1. The fourth-order valence-corrected chi connectivity index (χ4v) is 7.04. The molecule has 43 heavy (non-hydrogen) atoms. The summed E-state index contributed by atoms with van der Waals surface area (Å²) in [7, 11) is 0. The van der Waals surface area contributed by atoms with Gasteiger partial charge in [-0.3, -0.25) is 0 Å². The summed E-state index contributed by atoms with van der Waals surface area (Å²) in [5.74, 6) is 0. The Labute approximate surface area is 249 Å². The van der Waals surface area contributed by atoms with Crippen molar-refractivity contribution in [3.63, 3.8) is 0 Å². The Morgan fingerprint density at radius 2 is 0.814 bits per heavy atom. The molecular formula is C42H27N. The van der Waals surface area contributed by atoms with Gasteiger partial charge in [-0.2, -0.15) is 0 Å². The first-order valence-corrected chi connectivity index (χ1v) is 14.9. The second-order valence-electron chi connectivity index (χ2n) is 11.3. The van der Waals surface area contributed by atoms with Crippen LogP contribution < -0.4 is 0 Å². The van der Waals surface area contributed by atoms with E-state index in [1.165, 1.54) is 82.1 Å². The molecule has 0 aliphatic carbocycles. The van der Waals surface area contributed by atoms with Gasteiger partial charge in [-0.15, -0.1) is 0 Å². The van der Waals surface area contributed by atoms with E-state index in [0.717, 1.165) is 0 Å². The molecule has 1 nitrogen and oxygen atoms in total. The van der Waals surface area contributed by atoms with E-state index in [4.69, 9.17) is 0 Å². The molecule has 8 aromatic carbocycles. The van der Waals surface area contributed by atoms with Crippen LogP contribution in [0.15, 0.2) is 164 Å². The van der Waals surface area contributed by atoms with Crippen LogP contribution >= 0.6 is 0 Å². The molecule has 0 N–H and O–H groups in total. The molecular weight excluding hydrogens is 518 g/mol. The first-order valence-electron chi connectivity index (χ1n) is 14.9. The maximum Gasteiger partial charge on any atom is 0.0619 e.